The van der Waals surface area contributed by atoms with Gasteiger partial charge in [-0.15, -0.1) is 24.8 Å². The predicted molar refractivity (Wildman–Crippen MR) is 88.3 cm³/mol. The maximum absolute atomic E-state index is 11.6. The van der Waals surface area contributed by atoms with Crippen molar-refractivity contribution in [2.24, 2.45) is 0 Å². The fourth-order valence-corrected chi connectivity index (χ4v) is 2.20. The van der Waals surface area contributed by atoms with Gasteiger partial charge in [-0.3, -0.25) is 9.48 Å². The molecule has 1 aliphatic heterocycles. The van der Waals surface area contributed by atoms with E-state index >= 15 is 0 Å². The van der Waals surface area contributed by atoms with Crippen LogP contribution in [0.3, 0.4) is 0 Å². The fourth-order valence-electron chi connectivity index (χ4n) is 2.20. The Morgan fingerprint density at radius 2 is 2.00 bits per heavy atom. The number of hydrogen-bond donors (Lipinski definition) is 2. The number of carbonyl (C=O) groups is 1. The van der Waals surface area contributed by atoms with Crippen molar-refractivity contribution in [3.63, 3.8) is 0 Å². The lowest BCUT2D eigenvalue weighted by Gasteiger charge is -2.27. The van der Waals surface area contributed by atoms with Gasteiger partial charge in [0.25, 0.3) is 0 Å². The number of halogens is 2. The van der Waals surface area contributed by atoms with Gasteiger partial charge in [-0.05, 0) is 19.0 Å². The molecule has 21 heavy (non-hydrogen) atoms. The number of rotatable bonds is 7. The van der Waals surface area contributed by atoms with Crippen molar-refractivity contribution in [2.75, 3.05) is 39.3 Å². The first-order valence-electron chi connectivity index (χ1n) is 7.02. The zero-order chi connectivity index (χ0) is 13.3. The van der Waals surface area contributed by atoms with Crippen molar-refractivity contribution >= 4 is 30.7 Å². The zero-order valence-electron chi connectivity index (χ0n) is 12.2. The van der Waals surface area contributed by atoms with Gasteiger partial charge in [0.05, 0.1) is 0 Å². The van der Waals surface area contributed by atoms with Crippen molar-refractivity contribution in [3.8, 4) is 0 Å². The second-order valence-electron chi connectivity index (χ2n) is 4.81. The normalized spacial score (nSPS) is 14.9. The van der Waals surface area contributed by atoms with Crippen LogP contribution in [0.5, 0.6) is 0 Å². The highest BCUT2D eigenvalue weighted by molar-refractivity contribution is 5.85. The maximum Gasteiger partial charge on any atom is 0.221 e. The van der Waals surface area contributed by atoms with E-state index in [1.165, 1.54) is 0 Å². The molecule has 0 aliphatic carbocycles. The number of amides is 1. The third-order valence-corrected chi connectivity index (χ3v) is 3.31. The Kier molecular flexibility index (Phi) is 11.3. The number of aromatic nitrogens is 2. The summed E-state index contributed by atoms with van der Waals surface area (Å²) < 4.78 is 1.78. The number of nitrogens with one attached hydrogen (secondary N) is 2. The van der Waals surface area contributed by atoms with Crippen molar-refractivity contribution in [3.05, 3.63) is 18.5 Å². The molecule has 0 unspecified atom stereocenters. The molecule has 2 rings (SSSR count). The quantitative estimate of drug-likeness (QED) is 0.712. The third-order valence-electron chi connectivity index (χ3n) is 3.31. The van der Waals surface area contributed by atoms with Crippen molar-refractivity contribution in [1.82, 2.24) is 25.3 Å². The fraction of sp³-hybridized carbons (Fsp3) is 0.692. The number of piperazine rings is 1. The minimum atomic E-state index is 0. The smallest absolute Gasteiger partial charge is 0.221 e. The predicted octanol–water partition coefficient (Wildman–Crippen LogP) is 0.528. The largest absolute Gasteiger partial charge is 0.356 e. The summed E-state index contributed by atoms with van der Waals surface area (Å²) in [6, 6.07) is 1.87. The van der Waals surface area contributed by atoms with Crippen LogP contribution < -0.4 is 10.6 Å². The molecule has 1 aliphatic rings. The Hall–Kier alpha value is -0.820. The average Bonchev–Trinajstić information content (AvgIpc) is 2.96. The number of aryl methyl sites for hydroxylation is 1. The summed E-state index contributed by atoms with van der Waals surface area (Å²) in [4.78, 5) is 14.1. The van der Waals surface area contributed by atoms with Crippen LogP contribution in [0.2, 0.25) is 0 Å². The van der Waals surface area contributed by atoms with Gasteiger partial charge in [0.2, 0.25) is 5.91 Å². The molecule has 1 fully saturated rings. The summed E-state index contributed by atoms with van der Waals surface area (Å²) >= 11 is 0. The van der Waals surface area contributed by atoms with Gasteiger partial charge >= 0.3 is 0 Å². The molecular formula is C13H25Cl2N5O. The summed E-state index contributed by atoms with van der Waals surface area (Å²) in [6.07, 6.45) is 5.12. The van der Waals surface area contributed by atoms with Crippen LogP contribution in [0.15, 0.2) is 18.5 Å². The summed E-state index contributed by atoms with van der Waals surface area (Å²) in [5.41, 5.74) is 0. The Morgan fingerprint density at radius 3 is 2.67 bits per heavy atom. The standard InChI is InChI=1S/C13H23N5O.2ClH/c19-13(3-10-18-9-2-5-16-18)15-4-1-8-17-11-6-14-7-12-17;;/h2,5,9,14H,1,3-4,6-8,10-12H2,(H,15,19);2*1H. The SMILES string of the molecule is Cl.Cl.O=C(CCn1cccn1)NCCCN1CCNCC1. The molecule has 0 radical (unpaired) electrons. The lowest BCUT2D eigenvalue weighted by Crippen LogP contribution is -2.44. The van der Waals surface area contributed by atoms with Gasteiger partial charge in [-0.2, -0.15) is 5.10 Å². The summed E-state index contributed by atoms with van der Waals surface area (Å²) in [5.74, 6) is 0.107. The molecule has 1 aromatic heterocycles. The van der Waals surface area contributed by atoms with E-state index in [1.54, 1.807) is 10.9 Å². The van der Waals surface area contributed by atoms with Crippen LogP contribution in [0.1, 0.15) is 12.8 Å². The van der Waals surface area contributed by atoms with Crippen LogP contribution in [0.25, 0.3) is 0 Å². The van der Waals surface area contributed by atoms with Crippen LogP contribution in [-0.2, 0) is 11.3 Å². The lowest BCUT2D eigenvalue weighted by molar-refractivity contribution is -0.121. The Bertz CT molecular complexity index is 369. The summed E-state index contributed by atoms with van der Waals surface area (Å²) in [5, 5.41) is 10.4. The highest BCUT2D eigenvalue weighted by Gasteiger charge is 2.08. The van der Waals surface area contributed by atoms with Gasteiger partial charge in [0.1, 0.15) is 0 Å². The van der Waals surface area contributed by atoms with Gasteiger partial charge in [-0.1, -0.05) is 0 Å². The first-order valence-corrected chi connectivity index (χ1v) is 7.02. The van der Waals surface area contributed by atoms with Crippen LogP contribution in [0, 0.1) is 0 Å². The third kappa shape index (κ3) is 8.26. The molecule has 6 nitrogen and oxygen atoms in total. The Morgan fingerprint density at radius 1 is 1.24 bits per heavy atom. The minimum absolute atomic E-state index is 0. The molecule has 2 N–H and O–H groups in total. The molecule has 8 heteroatoms. The number of nitrogens with zero attached hydrogens (tertiary/aromatic N) is 3. The van der Waals surface area contributed by atoms with Crippen LogP contribution >= 0.6 is 24.8 Å². The van der Waals surface area contributed by atoms with Gasteiger partial charge in [0.15, 0.2) is 0 Å². The topological polar surface area (TPSA) is 62.2 Å². The van der Waals surface area contributed by atoms with E-state index in [1.807, 2.05) is 12.3 Å². The van der Waals surface area contributed by atoms with E-state index in [4.69, 9.17) is 0 Å². The van der Waals surface area contributed by atoms with Crippen LogP contribution in [-0.4, -0.2) is 59.9 Å². The van der Waals surface area contributed by atoms with E-state index in [2.05, 4.69) is 20.6 Å². The van der Waals surface area contributed by atoms with E-state index in [0.717, 1.165) is 45.7 Å². The van der Waals surface area contributed by atoms with Crippen molar-refractivity contribution in [2.45, 2.75) is 19.4 Å². The first-order chi connectivity index (χ1) is 9.34. The van der Waals surface area contributed by atoms with E-state index in [0.29, 0.717) is 13.0 Å². The highest BCUT2D eigenvalue weighted by atomic mass is 35.5. The number of carbonyl (C=O) groups excluding carboxylic acids is 1. The molecule has 0 saturated carbocycles. The van der Waals surface area contributed by atoms with Crippen molar-refractivity contribution < 1.29 is 4.79 Å². The Labute approximate surface area is 138 Å². The average molecular weight is 338 g/mol. The lowest BCUT2D eigenvalue weighted by atomic mass is 10.3. The molecule has 0 spiro atoms. The summed E-state index contributed by atoms with van der Waals surface area (Å²) in [6.45, 7) is 6.88. The number of hydrogen-bond acceptors (Lipinski definition) is 4. The van der Waals surface area contributed by atoms with Crippen LogP contribution in [0.4, 0.5) is 0 Å². The molecule has 0 bridgehead atoms. The molecule has 122 valence electrons. The van der Waals surface area contributed by atoms with E-state index in [-0.39, 0.29) is 30.7 Å². The minimum Gasteiger partial charge on any atom is -0.356 e. The zero-order valence-corrected chi connectivity index (χ0v) is 13.8. The maximum atomic E-state index is 11.6. The van der Waals surface area contributed by atoms with Gasteiger partial charge in [0, 0.05) is 58.1 Å². The van der Waals surface area contributed by atoms with E-state index in [9.17, 15) is 4.79 Å². The molecule has 2 heterocycles. The second-order valence-corrected chi connectivity index (χ2v) is 4.81. The molecule has 1 saturated heterocycles. The second kappa shape index (κ2) is 11.8. The van der Waals surface area contributed by atoms with E-state index < -0.39 is 0 Å². The molecular weight excluding hydrogens is 313 g/mol. The summed E-state index contributed by atoms with van der Waals surface area (Å²) in [7, 11) is 0. The molecule has 0 aromatic carbocycles. The van der Waals surface area contributed by atoms with Gasteiger partial charge < -0.3 is 15.5 Å². The Balaban J connectivity index is 0.00000200. The molecule has 0 atom stereocenters. The molecule has 1 aromatic rings. The monoisotopic (exact) mass is 337 g/mol. The van der Waals surface area contributed by atoms with Gasteiger partial charge in [-0.25, -0.2) is 0 Å². The first kappa shape index (κ1) is 20.2. The highest BCUT2D eigenvalue weighted by Crippen LogP contribution is 1.94. The van der Waals surface area contributed by atoms with Crippen molar-refractivity contribution in [1.29, 1.82) is 0 Å². The molecule has 1 amide bonds.